The molecule has 0 amide bonds. The predicted molar refractivity (Wildman–Crippen MR) is 101 cm³/mol. The van der Waals surface area contributed by atoms with Crippen molar-refractivity contribution in [3.63, 3.8) is 0 Å². The minimum atomic E-state index is 0.126. The molecule has 0 bridgehead atoms. The van der Waals surface area contributed by atoms with E-state index in [9.17, 15) is 0 Å². The molecule has 1 aromatic carbocycles. The van der Waals surface area contributed by atoms with Crippen LogP contribution < -0.4 is 10.1 Å². The van der Waals surface area contributed by atoms with E-state index >= 15 is 0 Å². The van der Waals surface area contributed by atoms with Crippen LogP contribution in [0.25, 0.3) is 0 Å². The Hall–Kier alpha value is -1.32. The first-order chi connectivity index (χ1) is 11.1. The third kappa shape index (κ3) is 5.67. The van der Waals surface area contributed by atoms with Crippen molar-refractivity contribution in [2.24, 2.45) is 5.92 Å². The van der Waals surface area contributed by atoms with Crippen LogP contribution in [-0.4, -0.2) is 13.6 Å². The van der Waals surface area contributed by atoms with Crippen LogP contribution in [0, 0.1) is 12.8 Å². The molecular formula is C20H29NOS. The highest BCUT2D eigenvalue weighted by molar-refractivity contribution is 7.12. The second-order valence-corrected chi connectivity index (χ2v) is 7.63. The van der Waals surface area contributed by atoms with Crippen LogP contribution in [0.5, 0.6) is 5.75 Å². The van der Waals surface area contributed by atoms with Gasteiger partial charge >= 0.3 is 0 Å². The molecule has 0 aliphatic carbocycles. The molecule has 0 saturated carbocycles. The first kappa shape index (κ1) is 18.0. The molecule has 1 aromatic heterocycles. The summed E-state index contributed by atoms with van der Waals surface area (Å²) in [5.41, 5.74) is 1.39. The molecule has 0 radical (unpaired) electrons. The molecular weight excluding hydrogens is 302 g/mol. The van der Waals surface area contributed by atoms with Crippen molar-refractivity contribution < 1.29 is 4.74 Å². The van der Waals surface area contributed by atoms with Gasteiger partial charge in [0.2, 0.25) is 0 Å². The lowest BCUT2D eigenvalue weighted by Gasteiger charge is -2.18. The molecule has 126 valence electrons. The number of nitrogens with one attached hydrogen (secondary N) is 1. The minimum absolute atomic E-state index is 0.126. The third-order valence-electron chi connectivity index (χ3n) is 4.22. The van der Waals surface area contributed by atoms with Gasteiger partial charge in [0, 0.05) is 16.2 Å². The maximum atomic E-state index is 6.27. The smallest absolute Gasteiger partial charge is 0.134 e. The zero-order valence-corrected chi connectivity index (χ0v) is 15.6. The van der Waals surface area contributed by atoms with Gasteiger partial charge in [0.25, 0.3) is 0 Å². The molecule has 0 spiro atoms. The summed E-state index contributed by atoms with van der Waals surface area (Å²) in [4.78, 5) is 2.64. The molecule has 1 heterocycles. The summed E-state index contributed by atoms with van der Waals surface area (Å²) < 4.78 is 6.27. The molecule has 2 unspecified atom stereocenters. The molecule has 3 heteroatoms. The van der Waals surface area contributed by atoms with Gasteiger partial charge in [-0.05, 0) is 62.7 Å². The van der Waals surface area contributed by atoms with Crippen molar-refractivity contribution in [2.75, 3.05) is 13.6 Å². The van der Waals surface area contributed by atoms with Crippen molar-refractivity contribution in [3.05, 3.63) is 51.7 Å². The van der Waals surface area contributed by atoms with Crippen molar-refractivity contribution >= 4 is 11.3 Å². The van der Waals surface area contributed by atoms with Crippen LogP contribution in [0.15, 0.2) is 36.4 Å². The summed E-state index contributed by atoms with van der Waals surface area (Å²) in [7, 11) is 1.99. The molecule has 0 aliphatic heterocycles. The molecule has 0 saturated heterocycles. The Kier molecular flexibility index (Phi) is 7.13. The summed E-state index contributed by atoms with van der Waals surface area (Å²) in [5.74, 6) is 1.70. The fourth-order valence-electron chi connectivity index (χ4n) is 2.58. The number of hydrogen-bond donors (Lipinski definition) is 1. The van der Waals surface area contributed by atoms with Gasteiger partial charge in [-0.15, -0.1) is 11.3 Å². The molecule has 2 atom stereocenters. The van der Waals surface area contributed by atoms with Crippen LogP contribution in [-0.2, 0) is 6.42 Å². The van der Waals surface area contributed by atoms with Crippen LogP contribution in [0.1, 0.15) is 48.1 Å². The predicted octanol–water partition coefficient (Wildman–Crippen LogP) is 5.37. The lowest BCUT2D eigenvalue weighted by Crippen LogP contribution is -2.15. The Morgan fingerprint density at radius 2 is 1.87 bits per heavy atom. The lowest BCUT2D eigenvalue weighted by molar-refractivity contribution is 0.198. The fraction of sp³-hybridized carbons (Fsp3) is 0.500. The van der Waals surface area contributed by atoms with E-state index < -0.39 is 0 Å². The normalized spacial score (nSPS) is 13.7. The highest BCUT2D eigenvalue weighted by Gasteiger charge is 2.15. The summed E-state index contributed by atoms with van der Waals surface area (Å²) in [6, 6.07) is 13.0. The van der Waals surface area contributed by atoms with Crippen molar-refractivity contribution in [1.29, 1.82) is 0 Å². The molecule has 1 N–H and O–H groups in total. The zero-order chi connectivity index (χ0) is 16.7. The third-order valence-corrected chi connectivity index (χ3v) is 5.31. The Balaban J connectivity index is 2.04. The van der Waals surface area contributed by atoms with E-state index in [2.05, 4.69) is 62.5 Å². The highest BCUT2D eigenvalue weighted by atomic mass is 32.1. The molecule has 0 aliphatic rings. The van der Waals surface area contributed by atoms with Gasteiger partial charge in [-0.1, -0.05) is 32.4 Å². The number of aryl methyl sites for hydroxylation is 1. The van der Waals surface area contributed by atoms with E-state index in [1.807, 2.05) is 18.4 Å². The Labute approximate surface area is 144 Å². The van der Waals surface area contributed by atoms with Crippen LogP contribution in [0.4, 0.5) is 0 Å². The van der Waals surface area contributed by atoms with Gasteiger partial charge in [0.05, 0.1) is 0 Å². The second-order valence-electron chi connectivity index (χ2n) is 6.31. The Morgan fingerprint density at radius 1 is 1.13 bits per heavy atom. The van der Waals surface area contributed by atoms with Crippen molar-refractivity contribution in [1.82, 2.24) is 5.32 Å². The fourth-order valence-corrected chi connectivity index (χ4v) is 3.52. The molecule has 23 heavy (non-hydrogen) atoms. The standard InChI is InChI=1S/C20H29NOS/c1-5-15(2)14-17-7-9-18(10-8-17)22-19(12-13-21-4)20-11-6-16(3)23-20/h6-11,15,19,21H,5,12-14H2,1-4H3. The summed E-state index contributed by atoms with van der Waals surface area (Å²) in [5, 5.41) is 3.22. The van der Waals surface area contributed by atoms with Gasteiger partial charge in [0.1, 0.15) is 11.9 Å². The van der Waals surface area contributed by atoms with Gasteiger partial charge in [0.15, 0.2) is 0 Å². The van der Waals surface area contributed by atoms with E-state index in [1.54, 1.807) is 0 Å². The first-order valence-corrected chi connectivity index (χ1v) is 9.40. The van der Waals surface area contributed by atoms with E-state index in [0.717, 1.165) is 31.1 Å². The SMILES string of the molecule is CCC(C)Cc1ccc(OC(CCNC)c2ccc(C)s2)cc1. The van der Waals surface area contributed by atoms with Gasteiger partial charge in [-0.25, -0.2) is 0 Å². The number of hydrogen-bond acceptors (Lipinski definition) is 3. The van der Waals surface area contributed by atoms with E-state index in [0.29, 0.717) is 0 Å². The van der Waals surface area contributed by atoms with Crippen LogP contribution >= 0.6 is 11.3 Å². The van der Waals surface area contributed by atoms with Crippen LogP contribution in [0.3, 0.4) is 0 Å². The van der Waals surface area contributed by atoms with E-state index in [4.69, 9.17) is 4.74 Å². The average Bonchev–Trinajstić information content (AvgIpc) is 2.99. The molecule has 2 nitrogen and oxygen atoms in total. The maximum absolute atomic E-state index is 6.27. The van der Waals surface area contributed by atoms with Crippen molar-refractivity contribution in [3.8, 4) is 5.75 Å². The number of thiophene rings is 1. The molecule has 2 rings (SSSR count). The lowest BCUT2D eigenvalue weighted by atomic mass is 9.99. The Bertz CT molecular complexity index is 576. The zero-order valence-electron chi connectivity index (χ0n) is 14.8. The first-order valence-electron chi connectivity index (χ1n) is 8.59. The Morgan fingerprint density at radius 3 is 2.43 bits per heavy atom. The maximum Gasteiger partial charge on any atom is 0.134 e. The minimum Gasteiger partial charge on any atom is -0.485 e. The number of benzene rings is 1. The van der Waals surface area contributed by atoms with Gasteiger partial charge in [-0.2, -0.15) is 0 Å². The van der Waals surface area contributed by atoms with E-state index in [-0.39, 0.29) is 6.10 Å². The number of ether oxygens (including phenoxy) is 1. The monoisotopic (exact) mass is 331 g/mol. The quantitative estimate of drug-likeness (QED) is 0.666. The molecule has 0 fully saturated rings. The summed E-state index contributed by atoms with van der Waals surface area (Å²) in [6.45, 7) is 7.65. The van der Waals surface area contributed by atoms with Crippen molar-refractivity contribution in [2.45, 2.75) is 46.1 Å². The van der Waals surface area contributed by atoms with E-state index in [1.165, 1.54) is 21.7 Å². The van der Waals surface area contributed by atoms with Gasteiger partial charge < -0.3 is 10.1 Å². The number of rotatable bonds is 9. The average molecular weight is 332 g/mol. The van der Waals surface area contributed by atoms with Gasteiger partial charge in [-0.3, -0.25) is 0 Å². The summed E-state index contributed by atoms with van der Waals surface area (Å²) >= 11 is 1.83. The van der Waals surface area contributed by atoms with Crippen LogP contribution in [0.2, 0.25) is 0 Å². The largest absolute Gasteiger partial charge is 0.485 e. The summed E-state index contributed by atoms with van der Waals surface area (Å²) in [6.07, 6.45) is 3.47. The molecule has 2 aromatic rings. The topological polar surface area (TPSA) is 21.3 Å². The highest BCUT2D eigenvalue weighted by Crippen LogP contribution is 2.30. The second kappa shape index (κ2) is 9.09.